The Morgan fingerprint density at radius 3 is 1.32 bits per heavy atom. The molecule has 13 aromatic rings. The van der Waals surface area contributed by atoms with Crippen molar-refractivity contribution in [1.29, 1.82) is 0 Å². The molecule has 2 aromatic heterocycles. The zero-order valence-corrected chi connectivity index (χ0v) is 37.7. The number of para-hydroxylation sites is 3. The summed E-state index contributed by atoms with van der Waals surface area (Å²) in [6, 6.07) is 96.1. The molecular weight excluding hydrogens is 837 g/mol. The summed E-state index contributed by atoms with van der Waals surface area (Å²) >= 11 is 0. The first-order valence-electron chi connectivity index (χ1n) is 23.6. The minimum Gasteiger partial charge on any atom is -0.456 e. The van der Waals surface area contributed by atoms with E-state index in [1.54, 1.807) is 0 Å². The second kappa shape index (κ2) is 16.9. The van der Waals surface area contributed by atoms with Crippen molar-refractivity contribution in [3.63, 3.8) is 0 Å². The molecule has 0 unspecified atom stereocenters. The molecule has 0 saturated carbocycles. The van der Waals surface area contributed by atoms with E-state index in [-0.39, 0.29) is 0 Å². The lowest BCUT2D eigenvalue weighted by atomic mass is 9.94. The minimum absolute atomic E-state index is 0.895. The van der Waals surface area contributed by atoms with Crippen LogP contribution in [0.2, 0.25) is 0 Å². The first-order chi connectivity index (χ1) is 34.2. The molecule has 324 valence electrons. The van der Waals surface area contributed by atoms with Crippen LogP contribution in [-0.2, 0) is 0 Å². The Labute approximate surface area is 401 Å². The van der Waals surface area contributed by atoms with Gasteiger partial charge in [0.25, 0.3) is 0 Å². The van der Waals surface area contributed by atoms with E-state index in [0.29, 0.717) is 0 Å². The van der Waals surface area contributed by atoms with Crippen molar-refractivity contribution in [2.45, 2.75) is 0 Å². The van der Waals surface area contributed by atoms with Crippen LogP contribution in [0.1, 0.15) is 0 Å². The van der Waals surface area contributed by atoms with Crippen molar-refractivity contribution in [2.24, 2.45) is 0 Å². The SMILES string of the molecule is c1ccc(-c2cccc(-c3ccc(N(c4ccc(-c5cccc(-n6c7ccccc7c7ccccc76)c5)cc4)c4ccc(-c5ccccc5-c5ccc6c(c5)oc5ccccc56)cc4)cc3)c2)cc1. The van der Waals surface area contributed by atoms with Gasteiger partial charge in [0, 0.05) is 44.3 Å². The maximum Gasteiger partial charge on any atom is 0.136 e. The zero-order valence-electron chi connectivity index (χ0n) is 37.7. The molecule has 0 radical (unpaired) electrons. The molecule has 3 heteroatoms. The van der Waals surface area contributed by atoms with Crippen LogP contribution in [0, 0.1) is 0 Å². The van der Waals surface area contributed by atoms with Gasteiger partial charge in [-0.3, -0.25) is 0 Å². The molecule has 0 fully saturated rings. The molecule has 0 bridgehead atoms. The molecule has 0 N–H and O–H groups in total. The number of anilines is 3. The van der Waals surface area contributed by atoms with E-state index in [2.05, 4.69) is 264 Å². The number of rotatable bonds is 9. The van der Waals surface area contributed by atoms with Crippen LogP contribution in [0.25, 0.3) is 105 Å². The predicted octanol–water partition coefficient (Wildman–Crippen LogP) is 18.5. The minimum atomic E-state index is 0.895. The van der Waals surface area contributed by atoms with Crippen LogP contribution in [0.3, 0.4) is 0 Å². The van der Waals surface area contributed by atoms with Crippen LogP contribution in [0.15, 0.2) is 271 Å². The van der Waals surface area contributed by atoms with Crippen LogP contribution < -0.4 is 4.90 Å². The fourth-order valence-electron chi connectivity index (χ4n) is 10.3. The highest BCUT2D eigenvalue weighted by molar-refractivity contribution is 6.09. The summed E-state index contributed by atoms with van der Waals surface area (Å²) in [6.07, 6.45) is 0. The third-order valence-electron chi connectivity index (χ3n) is 13.6. The normalized spacial score (nSPS) is 11.5. The largest absolute Gasteiger partial charge is 0.456 e. The Bertz CT molecular complexity index is 3940. The van der Waals surface area contributed by atoms with E-state index in [1.165, 1.54) is 49.6 Å². The van der Waals surface area contributed by atoms with Crippen LogP contribution in [0.4, 0.5) is 17.1 Å². The highest BCUT2D eigenvalue weighted by atomic mass is 16.3. The summed E-state index contributed by atoms with van der Waals surface area (Å²) in [6.45, 7) is 0. The average Bonchev–Trinajstić information content (AvgIpc) is 3.97. The average molecular weight is 881 g/mol. The third kappa shape index (κ3) is 7.25. The standard InChI is InChI=1S/C66H44N2O/c1-2-14-45(15-3-1)49-16-12-17-50(42-49)46-28-35-53(36-29-46)67(54-37-30-47(31-38-54)51-18-13-19-56(43-51)68-63-25-9-6-22-59(63)60-23-7-10-26-64(60)68)55-39-32-48(33-40-55)57-20-4-5-21-58(57)52-34-41-62-61-24-8-11-27-65(61)69-66(62)44-52/h1-44H. The number of hydrogen-bond acceptors (Lipinski definition) is 2. The van der Waals surface area contributed by atoms with Gasteiger partial charge in [-0.1, -0.05) is 182 Å². The molecule has 0 aliphatic heterocycles. The van der Waals surface area contributed by atoms with Crippen molar-refractivity contribution in [3.05, 3.63) is 267 Å². The van der Waals surface area contributed by atoms with Gasteiger partial charge in [-0.2, -0.15) is 0 Å². The Balaban J connectivity index is 0.866. The first-order valence-corrected chi connectivity index (χ1v) is 23.6. The van der Waals surface area contributed by atoms with Gasteiger partial charge in [-0.25, -0.2) is 0 Å². The Morgan fingerprint density at radius 1 is 0.261 bits per heavy atom. The van der Waals surface area contributed by atoms with Gasteiger partial charge in [0.1, 0.15) is 11.2 Å². The predicted molar refractivity (Wildman–Crippen MR) is 290 cm³/mol. The maximum atomic E-state index is 6.32. The summed E-state index contributed by atoms with van der Waals surface area (Å²) in [4.78, 5) is 2.35. The fourth-order valence-corrected chi connectivity index (χ4v) is 10.3. The van der Waals surface area contributed by atoms with Crippen molar-refractivity contribution in [3.8, 4) is 61.3 Å². The molecule has 0 aliphatic carbocycles. The quantitative estimate of drug-likeness (QED) is 0.144. The summed E-state index contributed by atoms with van der Waals surface area (Å²) in [5, 5.41) is 4.79. The van der Waals surface area contributed by atoms with E-state index in [9.17, 15) is 0 Å². The summed E-state index contributed by atoms with van der Waals surface area (Å²) < 4.78 is 8.70. The van der Waals surface area contributed by atoms with Gasteiger partial charge in [0.05, 0.1) is 11.0 Å². The topological polar surface area (TPSA) is 21.3 Å². The lowest BCUT2D eigenvalue weighted by Crippen LogP contribution is -2.09. The second-order valence-corrected chi connectivity index (χ2v) is 17.7. The molecular formula is C66H44N2O. The highest BCUT2D eigenvalue weighted by Crippen LogP contribution is 2.41. The fraction of sp³-hybridized carbons (Fsp3) is 0. The monoisotopic (exact) mass is 880 g/mol. The molecule has 69 heavy (non-hydrogen) atoms. The van der Waals surface area contributed by atoms with Gasteiger partial charge < -0.3 is 13.9 Å². The van der Waals surface area contributed by atoms with Crippen molar-refractivity contribution >= 4 is 60.8 Å². The van der Waals surface area contributed by atoms with E-state index in [0.717, 1.165) is 72.5 Å². The lowest BCUT2D eigenvalue weighted by Gasteiger charge is -2.26. The number of nitrogens with zero attached hydrogens (tertiary/aromatic N) is 2. The van der Waals surface area contributed by atoms with Gasteiger partial charge in [-0.05, 0) is 141 Å². The highest BCUT2D eigenvalue weighted by Gasteiger charge is 2.17. The van der Waals surface area contributed by atoms with Gasteiger partial charge in [0.15, 0.2) is 0 Å². The molecule has 0 amide bonds. The van der Waals surface area contributed by atoms with E-state index in [1.807, 2.05) is 12.1 Å². The molecule has 0 aliphatic rings. The summed E-state index contributed by atoms with van der Waals surface area (Å²) in [5.74, 6) is 0. The van der Waals surface area contributed by atoms with Crippen LogP contribution >= 0.6 is 0 Å². The molecule has 3 nitrogen and oxygen atoms in total. The molecule has 0 saturated heterocycles. The maximum absolute atomic E-state index is 6.32. The first kappa shape index (κ1) is 40.1. The Kier molecular flexibility index (Phi) is 9.84. The number of benzene rings is 11. The molecule has 0 spiro atoms. The summed E-state index contributed by atoms with van der Waals surface area (Å²) in [5.41, 5.74) is 20.3. The van der Waals surface area contributed by atoms with Crippen molar-refractivity contribution in [1.82, 2.24) is 4.57 Å². The van der Waals surface area contributed by atoms with E-state index < -0.39 is 0 Å². The van der Waals surface area contributed by atoms with Gasteiger partial charge >= 0.3 is 0 Å². The molecule has 13 rings (SSSR count). The van der Waals surface area contributed by atoms with Gasteiger partial charge in [-0.15, -0.1) is 0 Å². The number of fused-ring (bicyclic) bond motifs is 6. The number of furan rings is 1. The van der Waals surface area contributed by atoms with E-state index in [4.69, 9.17) is 4.42 Å². The molecule has 2 heterocycles. The number of aromatic nitrogens is 1. The second-order valence-electron chi connectivity index (χ2n) is 17.7. The van der Waals surface area contributed by atoms with Gasteiger partial charge in [0.2, 0.25) is 0 Å². The molecule has 11 aromatic carbocycles. The molecule has 0 atom stereocenters. The smallest absolute Gasteiger partial charge is 0.136 e. The zero-order chi connectivity index (χ0) is 45.7. The van der Waals surface area contributed by atoms with Crippen LogP contribution in [0.5, 0.6) is 0 Å². The summed E-state index contributed by atoms with van der Waals surface area (Å²) in [7, 11) is 0. The van der Waals surface area contributed by atoms with Crippen molar-refractivity contribution in [2.75, 3.05) is 4.90 Å². The third-order valence-corrected chi connectivity index (χ3v) is 13.6. The number of hydrogen-bond donors (Lipinski definition) is 0. The Morgan fingerprint density at radius 2 is 0.696 bits per heavy atom. The Hall–Kier alpha value is -9.18. The van der Waals surface area contributed by atoms with Crippen LogP contribution in [-0.4, -0.2) is 4.57 Å². The van der Waals surface area contributed by atoms with E-state index >= 15 is 0 Å². The van der Waals surface area contributed by atoms with Crippen molar-refractivity contribution < 1.29 is 4.42 Å². The lowest BCUT2D eigenvalue weighted by molar-refractivity contribution is 0.669.